The van der Waals surface area contributed by atoms with Crippen LogP contribution >= 0.6 is 0 Å². The zero-order chi connectivity index (χ0) is 35.7. The number of nitrogens with zero attached hydrogens (tertiary/aromatic N) is 1. The highest BCUT2D eigenvalue weighted by Crippen LogP contribution is 2.14. The lowest BCUT2D eigenvalue weighted by atomic mass is 10.1. The minimum atomic E-state index is -0.875. The van der Waals surface area contributed by atoms with Crippen molar-refractivity contribution < 1.29 is 38.2 Å². The second-order valence-corrected chi connectivity index (χ2v) is 14.5. The van der Waals surface area contributed by atoms with Gasteiger partial charge in [0.1, 0.15) is 6.61 Å². The fourth-order valence-corrected chi connectivity index (χ4v) is 5.79. The molecule has 0 aromatic rings. The van der Waals surface area contributed by atoms with E-state index in [0.29, 0.717) is 19.3 Å². The molecule has 0 aromatic heterocycles. The molecule has 8 nitrogen and oxygen atoms in total. The highest BCUT2D eigenvalue weighted by molar-refractivity contribution is 5.72. The molecule has 2 atom stereocenters. The highest BCUT2D eigenvalue weighted by atomic mass is 16.6. The van der Waals surface area contributed by atoms with Crippen LogP contribution in [-0.4, -0.2) is 80.6 Å². The first kappa shape index (κ1) is 46.1. The Morgan fingerprint density at radius 1 is 0.604 bits per heavy atom. The molecule has 0 aromatic carbocycles. The molecule has 0 saturated heterocycles. The van der Waals surface area contributed by atoms with Crippen LogP contribution in [0.1, 0.15) is 174 Å². The number of hydrogen-bond donors (Lipinski definition) is 1. The molecule has 0 aliphatic rings. The molecule has 0 aliphatic carbocycles. The standard InChI is InChI=1S/C40H75NO7/c1-6-8-10-12-14-15-16-17-18-19-20-21-22-23-25-27-29-31-39(43)48-36(34-46-33-32-37(40(44)45)41(3,4)5)35-47-38(42)30-28-26-24-13-11-9-7-2/h17-18,36-37H,6-16,19-35H2,1-5H3/p+1/b18-17+. The summed E-state index contributed by atoms with van der Waals surface area (Å²) >= 11 is 0. The lowest BCUT2D eigenvalue weighted by molar-refractivity contribution is -0.887. The van der Waals surface area contributed by atoms with Crippen LogP contribution in [0.25, 0.3) is 0 Å². The Labute approximate surface area is 295 Å². The predicted octanol–water partition coefficient (Wildman–Crippen LogP) is 9.97. The van der Waals surface area contributed by atoms with Crippen LogP contribution in [0.2, 0.25) is 0 Å². The minimum absolute atomic E-state index is 0.0486. The van der Waals surface area contributed by atoms with E-state index in [2.05, 4.69) is 26.0 Å². The third-order valence-electron chi connectivity index (χ3n) is 8.91. The average Bonchev–Trinajstić information content (AvgIpc) is 3.03. The average molecular weight is 683 g/mol. The maximum Gasteiger partial charge on any atom is 0.362 e. The van der Waals surface area contributed by atoms with Gasteiger partial charge >= 0.3 is 17.9 Å². The molecule has 0 heterocycles. The van der Waals surface area contributed by atoms with Gasteiger partial charge in [-0.25, -0.2) is 4.79 Å². The molecule has 8 heteroatoms. The number of ether oxygens (including phenoxy) is 3. The first-order valence-electron chi connectivity index (χ1n) is 19.7. The Balaban J connectivity index is 4.31. The number of quaternary nitrogens is 1. The smallest absolute Gasteiger partial charge is 0.362 e. The van der Waals surface area contributed by atoms with Crippen LogP contribution in [0.4, 0.5) is 0 Å². The van der Waals surface area contributed by atoms with Crippen molar-refractivity contribution in [1.29, 1.82) is 0 Å². The zero-order valence-corrected chi connectivity index (χ0v) is 32.0. The van der Waals surface area contributed by atoms with Crippen LogP contribution in [0, 0.1) is 0 Å². The zero-order valence-electron chi connectivity index (χ0n) is 32.0. The van der Waals surface area contributed by atoms with E-state index >= 15 is 0 Å². The number of hydrogen-bond acceptors (Lipinski definition) is 6. The maximum absolute atomic E-state index is 12.6. The van der Waals surface area contributed by atoms with E-state index < -0.39 is 18.1 Å². The second-order valence-electron chi connectivity index (χ2n) is 14.5. The number of carboxylic acids is 1. The number of rotatable bonds is 35. The van der Waals surface area contributed by atoms with Gasteiger partial charge in [-0.3, -0.25) is 9.59 Å². The van der Waals surface area contributed by atoms with Gasteiger partial charge in [-0.2, -0.15) is 0 Å². The maximum atomic E-state index is 12.6. The summed E-state index contributed by atoms with van der Waals surface area (Å²) in [5, 5.41) is 9.57. The van der Waals surface area contributed by atoms with Gasteiger partial charge in [0.15, 0.2) is 12.1 Å². The molecule has 0 rings (SSSR count). The number of carbonyl (C=O) groups is 3. The van der Waals surface area contributed by atoms with Crippen molar-refractivity contribution in [3.05, 3.63) is 12.2 Å². The van der Waals surface area contributed by atoms with Crippen LogP contribution in [0.15, 0.2) is 12.2 Å². The summed E-state index contributed by atoms with van der Waals surface area (Å²) in [5.41, 5.74) is 0. The van der Waals surface area contributed by atoms with Gasteiger partial charge in [-0.15, -0.1) is 0 Å². The topological polar surface area (TPSA) is 99.1 Å². The number of carbonyl (C=O) groups excluding carboxylic acids is 2. The monoisotopic (exact) mass is 683 g/mol. The van der Waals surface area contributed by atoms with Crippen molar-refractivity contribution in [1.82, 2.24) is 0 Å². The summed E-state index contributed by atoms with van der Waals surface area (Å²) in [5.74, 6) is -1.47. The normalized spacial score (nSPS) is 13.1. The van der Waals surface area contributed by atoms with Gasteiger partial charge in [0.2, 0.25) is 0 Å². The molecule has 0 fully saturated rings. The lowest BCUT2D eigenvalue weighted by Crippen LogP contribution is -2.50. The Bertz CT molecular complexity index is 808. The van der Waals surface area contributed by atoms with Crippen molar-refractivity contribution in [3.63, 3.8) is 0 Å². The minimum Gasteiger partial charge on any atom is -0.477 e. The van der Waals surface area contributed by atoms with Gasteiger partial charge in [0, 0.05) is 19.3 Å². The molecule has 0 amide bonds. The van der Waals surface area contributed by atoms with Crippen molar-refractivity contribution in [3.8, 4) is 0 Å². The predicted molar refractivity (Wildman–Crippen MR) is 197 cm³/mol. The summed E-state index contributed by atoms with van der Waals surface area (Å²) in [6, 6.07) is -0.609. The number of unbranched alkanes of at least 4 members (excludes halogenated alkanes) is 19. The van der Waals surface area contributed by atoms with E-state index in [1.54, 1.807) is 0 Å². The third kappa shape index (κ3) is 30.2. The van der Waals surface area contributed by atoms with E-state index in [1.807, 2.05) is 21.1 Å². The first-order valence-corrected chi connectivity index (χ1v) is 19.7. The van der Waals surface area contributed by atoms with Crippen molar-refractivity contribution >= 4 is 17.9 Å². The lowest BCUT2D eigenvalue weighted by Gasteiger charge is -2.31. The summed E-state index contributed by atoms with van der Waals surface area (Å²) < 4.78 is 17.2. The van der Waals surface area contributed by atoms with Crippen LogP contribution in [0.5, 0.6) is 0 Å². The Kier molecular flexibility index (Phi) is 31.0. The number of carboxylic acid groups (broad SMARTS) is 1. The SMILES string of the molecule is CCCCCCCC/C=C/CCCCCCCCCC(=O)OC(COCCC(C(=O)O)[N+](C)(C)C)COC(=O)CCCCCCCCC. The van der Waals surface area contributed by atoms with Gasteiger partial charge in [-0.1, -0.05) is 129 Å². The second kappa shape index (κ2) is 32.3. The fourth-order valence-electron chi connectivity index (χ4n) is 5.79. The van der Waals surface area contributed by atoms with E-state index in [1.165, 1.54) is 103 Å². The van der Waals surface area contributed by atoms with Gasteiger partial charge < -0.3 is 23.8 Å². The van der Waals surface area contributed by atoms with Crippen molar-refractivity contribution in [2.75, 3.05) is 41.0 Å². The van der Waals surface area contributed by atoms with E-state index in [0.717, 1.165) is 38.5 Å². The van der Waals surface area contributed by atoms with Crippen LogP contribution in [0.3, 0.4) is 0 Å². The quantitative estimate of drug-likeness (QED) is 0.0307. The molecule has 282 valence electrons. The molecular formula is C40H76NO7+. The molecule has 0 radical (unpaired) electrons. The number of allylic oxidation sites excluding steroid dienone is 2. The molecule has 1 N–H and O–H groups in total. The van der Waals surface area contributed by atoms with Crippen molar-refractivity contribution in [2.45, 2.75) is 187 Å². The van der Waals surface area contributed by atoms with Gasteiger partial charge in [-0.05, 0) is 38.5 Å². The van der Waals surface area contributed by atoms with Gasteiger partial charge in [0.25, 0.3) is 0 Å². The third-order valence-corrected chi connectivity index (χ3v) is 8.91. The molecular weight excluding hydrogens is 606 g/mol. The van der Waals surface area contributed by atoms with E-state index in [4.69, 9.17) is 14.2 Å². The molecule has 0 bridgehead atoms. The molecule has 0 saturated carbocycles. The highest BCUT2D eigenvalue weighted by Gasteiger charge is 2.31. The van der Waals surface area contributed by atoms with Crippen LogP contribution < -0.4 is 0 Å². The fraction of sp³-hybridized carbons (Fsp3) is 0.875. The Hall–Kier alpha value is -1.93. The molecule has 0 spiro atoms. The Morgan fingerprint density at radius 2 is 1.04 bits per heavy atom. The van der Waals surface area contributed by atoms with Crippen molar-refractivity contribution in [2.24, 2.45) is 0 Å². The summed E-state index contributed by atoms with van der Waals surface area (Å²) in [6.07, 6.45) is 31.2. The number of esters is 2. The molecule has 0 aliphatic heterocycles. The van der Waals surface area contributed by atoms with E-state index in [9.17, 15) is 19.5 Å². The molecule has 48 heavy (non-hydrogen) atoms. The summed E-state index contributed by atoms with van der Waals surface area (Å²) in [6.45, 7) is 4.68. The molecule has 2 unspecified atom stereocenters. The Morgan fingerprint density at radius 3 is 1.50 bits per heavy atom. The summed E-state index contributed by atoms with van der Waals surface area (Å²) in [4.78, 5) is 36.6. The van der Waals surface area contributed by atoms with Gasteiger partial charge in [0.05, 0.1) is 34.4 Å². The number of likely N-dealkylation sites (N-methyl/N-ethyl adjacent to an activating group) is 1. The largest absolute Gasteiger partial charge is 0.477 e. The first-order chi connectivity index (χ1) is 23.1. The van der Waals surface area contributed by atoms with Crippen LogP contribution in [-0.2, 0) is 28.6 Å². The summed E-state index contributed by atoms with van der Waals surface area (Å²) in [7, 11) is 5.51. The van der Waals surface area contributed by atoms with E-state index in [-0.39, 0.29) is 36.2 Å². The number of aliphatic carboxylic acids is 1.